The van der Waals surface area contributed by atoms with Crippen molar-refractivity contribution in [2.45, 2.75) is 6.18 Å². The standard InChI is InChI=1S/C16H12ClF4N5O3.C4H4N2OS/c17-9-6-10(18)12(24-5-3-14(16(19,20)21)25(22)8-24)7-13(9)29-15-11(26(27)28)2-1-4-23-15;7-4-5-2-1-3(8)6-4/h1-4,6-7H,5,8,22H2;1-2H,(H2,5,6,7,8). The van der Waals surface area contributed by atoms with Crippen LogP contribution in [0.1, 0.15) is 0 Å². The highest BCUT2D eigenvalue weighted by molar-refractivity contribution is 7.71. The Kier molecular flexibility index (Phi) is 8.46. The Bertz CT molecular complexity index is 1420. The molecule has 0 amide bonds. The minimum Gasteiger partial charge on any atom is -0.432 e. The molecule has 0 atom stereocenters. The SMILES string of the molecule is NN1CN(c2cc(Oc3ncccc3[N+](=O)[O-])c(Cl)cc2F)CC=C1C(F)(F)F.O=c1[nH]ccc(=S)[nH]1. The van der Waals surface area contributed by atoms with Crippen molar-refractivity contribution in [1.29, 1.82) is 0 Å². The molecule has 3 heterocycles. The maximum Gasteiger partial charge on any atom is 0.432 e. The van der Waals surface area contributed by atoms with E-state index in [2.05, 4.69) is 27.2 Å². The van der Waals surface area contributed by atoms with Crippen LogP contribution in [0, 0.1) is 20.6 Å². The zero-order valence-electron chi connectivity index (χ0n) is 18.3. The summed E-state index contributed by atoms with van der Waals surface area (Å²) in [6.07, 6.45) is -1.09. The van der Waals surface area contributed by atoms with Gasteiger partial charge in [-0.05, 0) is 24.3 Å². The van der Waals surface area contributed by atoms with Crippen LogP contribution in [-0.2, 0) is 0 Å². The van der Waals surface area contributed by atoms with Crippen molar-refractivity contribution in [1.82, 2.24) is 20.0 Å². The molecule has 1 aromatic carbocycles. The molecule has 0 fully saturated rings. The molecule has 1 aliphatic rings. The molecule has 1 aliphatic heterocycles. The molecule has 196 valence electrons. The summed E-state index contributed by atoms with van der Waals surface area (Å²) in [6, 6.07) is 6.08. The molecule has 11 nitrogen and oxygen atoms in total. The molecule has 0 radical (unpaired) electrons. The first-order chi connectivity index (χ1) is 17.4. The van der Waals surface area contributed by atoms with E-state index in [-0.39, 0.29) is 34.6 Å². The number of nitrogens with two attached hydrogens (primary N) is 1. The van der Waals surface area contributed by atoms with Crippen LogP contribution < -0.4 is 21.2 Å². The Labute approximate surface area is 214 Å². The van der Waals surface area contributed by atoms with Crippen LogP contribution in [0.15, 0.2) is 59.3 Å². The highest BCUT2D eigenvalue weighted by Crippen LogP contribution is 2.38. The zero-order chi connectivity index (χ0) is 27.3. The first kappa shape index (κ1) is 27.6. The lowest BCUT2D eigenvalue weighted by Crippen LogP contribution is -2.49. The Morgan fingerprint density at radius 3 is 2.59 bits per heavy atom. The van der Waals surface area contributed by atoms with E-state index in [0.717, 1.165) is 24.3 Å². The van der Waals surface area contributed by atoms with Crippen molar-refractivity contribution in [3.8, 4) is 11.6 Å². The minimum atomic E-state index is -4.65. The highest BCUT2D eigenvalue weighted by atomic mass is 35.5. The number of aromatic nitrogens is 3. The smallest absolute Gasteiger partial charge is 0.432 e. The summed E-state index contributed by atoms with van der Waals surface area (Å²) in [4.78, 5) is 30.4. The van der Waals surface area contributed by atoms with E-state index in [4.69, 9.17) is 22.2 Å². The zero-order valence-corrected chi connectivity index (χ0v) is 19.9. The van der Waals surface area contributed by atoms with Gasteiger partial charge in [0, 0.05) is 31.1 Å². The second kappa shape index (κ2) is 11.4. The Balaban J connectivity index is 0.000000405. The van der Waals surface area contributed by atoms with Gasteiger partial charge < -0.3 is 14.6 Å². The number of H-pyrrole nitrogens is 2. The lowest BCUT2D eigenvalue weighted by atomic mass is 10.2. The molecule has 0 unspecified atom stereocenters. The molecule has 37 heavy (non-hydrogen) atoms. The fourth-order valence-electron chi connectivity index (χ4n) is 3.01. The fraction of sp³-hybridized carbons (Fsp3) is 0.150. The van der Waals surface area contributed by atoms with Crippen molar-refractivity contribution in [2.75, 3.05) is 18.1 Å². The van der Waals surface area contributed by atoms with Gasteiger partial charge in [-0.1, -0.05) is 23.8 Å². The highest BCUT2D eigenvalue weighted by Gasteiger charge is 2.39. The number of rotatable bonds is 4. The lowest BCUT2D eigenvalue weighted by Gasteiger charge is -2.36. The largest absolute Gasteiger partial charge is 0.432 e. The number of hydrogen-bond donors (Lipinski definition) is 3. The van der Waals surface area contributed by atoms with Gasteiger partial charge in [0.1, 0.15) is 22.8 Å². The van der Waals surface area contributed by atoms with Gasteiger partial charge in [0.2, 0.25) is 0 Å². The fourth-order valence-corrected chi connectivity index (χ4v) is 3.36. The quantitative estimate of drug-likeness (QED) is 0.139. The summed E-state index contributed by atoms with van der Waals surface area (Å²) in [5.74, 6) is 4.04. The molecule has 0 bridgehead atoms. The average Bonchev–Trinajstić information content (AvgIpc) is 2.80. The van der Waals surface area contributed by atoms with Crippen LogP contribution in [-0.4, -0.2) is 44.3 Å². The van der Waals surface area contributed by atoms with Crippen LogP contribution in [0.25, 0.3) is 0 Å². The number of nitrogens with one attached hydrogen (secondary N) is 2. The predicted octanol–water partition coefficient (Wildman–Crippen LogP) is 4.41. The number of hydrogen-bond acceptors (Lipinski definition) is 9. The maximum atomic E-state index is 14.4. The molecule has 3 aromatic rings. The monoisotopic (exact) mass is 561 g/mol. The first-order valence-corrected chi connectivity index (χ1v) is 10.7. The summed E-state index contributed by atoms with van der Waals surface area (Å²) in [7, 11) is 0. The number of halogens is 5. The van der Waals surface area contributed by atoms with Crippen LogP contribution in [0.3, 0.4) is 0 Å². The second-order valence-electron chi connectivity index (χ2n) is 7.14. The molecule has 0 saturated heterocycles. The summed E-state index contributed by atoms with van der Waals surface area (Å²) in [5.41, 5.74) is -1.92. The van der Waals surface area contributed by atoms with Crippen LogP contribution in [0.2, 0.25) is 5.02 Å². The minimum absolute atomic E-state index is 0.157. The van der Waals surface area contributed by atoms with E-state index in [1.54, 1.807) is 6.07 Å². The summed E-state index contributed by atoms with van der Waals surface area (Å²) >= 11 is 10.6. The number of nitrogens with zero attached hydrogens (tertiary/aromatic N) is 4. The Hall–Kier alpha value is -4.02. The van der Waals surface area contributed by atoms with Gasteiger partial charge in [-0.25, -0.2) is 20.0 Å². The van der Waals surface area contributed by atoms with Gasteiger partial charge in [-0.3, -0.25) is 20.1 Å². The number of ether oxygens (including phenoxy) is 1. The molecule has 4 rings (SSSR count). The van der Waals surface area contributed by atoms with Crippen molar-refractivity contribution >= 4 is 35.2 Å². The van der Waals surface area contributed by atoms with Gasteiger partial charge in [0.15, 0.2) is 5.75 Å². The number of allylic oxidation sites excluding steroid dienone is 1. The maximum absolute atomic E-state index is 14.4. The van der Waals surface area contributed by atoms with Crippen molar-refractivity contribution in [2.24, 2.45) is 5.84 Å². The normalized spacial score (nSPS) is 13.4. The molecule has 0 spiro atoms. The number of aromatic amines is 2. The van der Waals surface area contributed by atoms with E-state index in [1.165, 1.54) is 23.4 Å². The Morgan fingerprint density at radius 1 is 1.30 bits per heavy atom. The van der Waals surface area contributed by atoms with Gasteiger partial charge in [-0.2, -0.15) is 13.2 Å². The van der Waals surface area contributed by atoms with Gasteiger partial charge in [0.25, 0.3) is 5.88 Å². The van der Waals surface area contributed by atoms with Crippen molar-refractivity contribution < 1.29 is 27.2 Å². The average molecular weight is 562 g/mol. The van der Waals surface area contributed by atoms with E-state index in [0.29, 0.717) is 9.65 Å². The molecule has 0 saturated carbocycles. The number of anilines is 1. The number of alkyl halides is 3. The van der Waals surface area contributed by atoms with Crippen LogP contribution in [0.5, 0.6) is 11.6 Å². The van der Waals surface area contributed by atoms with Gasteiger partial charge >= 0.3 is 17.6 Å². The topological polar surface area (TPSA) is 146 Å². The number of pyridine rings is 1. The molecule has 17 heteroatoms. The number of nitro groups is 1. The molecular formula is C20H16ClF4N7O4S. The third-order valence-electron chi connectivity index (χ3n) is 4.61. The van der Waals surface area contributed by atoms with E-state index < -0.39 is 35.0 Å². The molecule has 4 N–H and O–H groups in total. The van der Waals surface area contributed by atoms with Crippen molar-refractivity contribution in [3.05, 3.63) is 90.6 Å². The van der Waals surface area contributed by atoms with E-state index in [9.17, 15) is 32.5 Å². The summed E-state index contributed by atoms with van der Waals surface area (Å²) in [5, 5.41) is 11.3. The Morgan fingerprint density at radius 2 is 2.03 bits per heavy atom. The van der Waals surface area contributed by atoms with Gasteiger partial charge in [0.05, 0.1) is 15.6 Å². The van der Waals surface area contributed by atoms with E-state index >= 15 is 0 Å². The van der Waals surface area contributed by atoms with E-state index in [1.807, 2.05) is 0 Å². The molecular weight excluding hydrogens is 546 g/mol. The third-order valence-corrected chi connectivity index (χ3v) is 5.14. The predicted molar refractivity (Wildman–Crippen MR) is 127 cm³/mol. The summed E-state index contributed by atoms with van der Waals surface area (Å²) in [6.45, 7) is -0.753. The van der Waals surface area contributed by atoms with Crippen LogP contribution >= 0.6 is 23.8 Å². The number of hydrazine groups is 1. The van der Waals surface area contributed by atoms with Crippen molar-refractivity contribution in [3.63, 3.8) is 0 Å². The summed E-state index contributed by atoms with van der Waals surface area (Å²) < 4.78 is 58.9. The first-order valence-electron chi connectivity index (χ1n) is 9.95. The number of benzene rings is 1. The lowest BCUT2D eigenvalue weighted by molar-refractivity contribution is -0.386. The molecule has 2 aromatic heterocycles. The third kappa shape index (κ3) is 7.02. The van der Waals surface area contributed by atoms with Crippen LogP contribution in [0.4, 0.5) is 28.9 Å². The van der Waals surface area contributed by atoms with Gasteiger partial charge in [-0.15, -0.1) is 0 Å². The second-order valence-corrected chi connectivity index (χ2v) is 7.98. The molecule has 0 aliphatic carbocycles.